The van der Waals surface area contributed by atoms with Gasteiger partial charge in [-0.1, -0.05) is 66.2 Å². The van der Waals surface area contributed by atoms with E-state index in [9.17, 15) is 0 Å². The predicted molar refractivity (Wildman–Crippen MR) is 108 cm³/mol. The van der Waals surface area contributed by atoms with Crippen molar-refractivity contribution >= 4 is 0 Å². The van der Waals surface area contributed by atoms with Crippen LogP contribution in [0.3, 0.4) is 0 Å². The highest BCUT2D eigenvalue weighted by Crippen LogP contribution is 2.56. The molecule has 144 valence electrons. The van der Waals surface area contributed by atoms with Gasteiger partial charge in [-0.15, -0.1) is 0 Å². The molecule has 1 heterocycles. The topological polar surface area (TPSA) is 3.24 Å². The molecule has 0 radical (unpaired) electrons. The first-order valence-corrected chi connectivity index (χ1v) is 11.8. The SMILES string of the molecule is CC(C)C1CCCC(N2C3CCCCC3C(C)(C)C3CCCCC32)C1. The first kappa shape index (κ1) is 18.3. The van der Waals surface area contributed by atoms with Crippen molar-refractivity contribution in [2.24, 2.45) is 29.1 Å². The molecule has 1 nitrogen and oxygen atoms in total. The van der Waals surface area contributed by atoms with Gasteiger partial charge in [0.2, 0.25) is 0 Å². The molecule has 3 saturated carbocycles. The van der Waals surface area contributed by atoms with Gasteiger partial charge in [0.1, 0.15) is 0 Å². The van der Waals surface area contributed by atoms with Crippen molar-refractivity contribution in [2.75, 3.05) is 0 Å². The first-order valence-electron chi connectivity index (χ1n) is 11.8. The summed E-state index contributed by atoms with van der Waals surface area (Å²) in [5, 5.41) is 0. The molecule has 4 rings (SSSR count). The Bertz CT molecular complexity index is 427. The minimum absolute atomic E-state index is 0.582. The molecular weight excluding hydrogens is 302 g/mol. The molecule has 4 aliphatic rings. The number of hydrogen-bond acceptors (Lipinski definition) is 1. The second kappa shape index (κ2) is 7.17. The van der Waals surface area contributed by atoms with Gasteiger partial charge >= 0.3 is 0 Å². The van der Waals surface area contributed by atoms with Gasteiger partial charge in [0.05, 0.1) is 0 Å². The van der Waals surface area contributed by atoms with E-state index in [2.05, 4.69) is 32.6 Å². The molecule has 0 bridgehead atoms. The molecule has 6 unspecified atom stereocenters. The molecule has 6 atom stereocenters. The molecule has 4 fully saturated rings. The second-order valence-electron chi connectivity index (χ2n) is 11.0. The van der Waals surface area contributed by atoms with E-state index in [1.807, 2.05) is 0 Å². The van der Waals surface area contributed by atoms with Crippen LogP contribution in [0.15, 0.2) is 0 Å². The Hall–Kier alpha value is -0.0400. The van der Waals surface area contributed by atoms with Crippen molar-refractivity contribution in [3.05, 3.63) is 0 Å². The zero-order valence-electron chi connectivity index (χ0n) is 17.5. The summed E-state index contributed by atoms with van der Waals surface area (Å²) in [6.45, 7) is 10.3. The summed E-state index contributed by atoms with van der Waals surface area (Å²) < 4.78 is 0. The average molecular weight is 346 g/mol. The lowest BCUT2D eigenvalue weighted by atomic mass is 9.54. The maximum Gasteiger partial charge on any atom is 0.0135 e. The van der Waals surface area contributed by atoms with Crippen molar-refractivity contribution in [3.63, 3.8) is 0 Å². The van der Waals surface area contributed by atoms with Gasteiger partial charge in [-0.2, -0.15) is 0 Å². The molecule has 0 aromatic heterocycles. The highest BCUT2D eigenvalue weighted by molar-refractivity contribution is 5.07. The number of likely N-dealkylation sites (tertiary alicyclic amines) is 1. The van der Waals surface area contributed by atoms with Crippen LogP contribution in [-0.4, -0.2) is 23.0 Å². The lowest BCUT2D eigenvalue weighted by molar-refractivity contribution is -0.144. The molecule has 0 amide bonds. The van der Waals surface area contributed by atoms with Crippen molar-refractivity contribution in [3.8, 4) is 0 Å². The van der Waals surface area contributed by atoms with Crippen LogP contribution in [0.4, 0.5) is 0 Å². The average Bonchev–Trinajstić information content (AvgIpc) is 2.62. The highest BCUT2D eigenvalue weighted by atomic mass is 15.2. The van der Waals surface area contributed by atoms with E-state index < -0.39 is 0 Å². The molecule has 0 spiro atoms. The minimum atomic E-state index is 0.582. The Balaban J connectivity index is 1.64. The molecule has 3 aliphatic carbocycles. The molecule has 1 heteroatoms. The number of fused-ring (bicyclic) bond motifs is 2. The van der Waals surface area contributed by atoms with Crippen molar-refractivity contribution in [1.82, 2.24) is 4.90 Å². The predicted octanol–water partition coefficient (Wildman–Crippen LogP) is 6.66. The number of rotatable bonds is 2. The van der Waals surface area contributed by atoms with Crippen LogP contribution < -0.4 is 0 Å². The van der Waals surface area contributed by atoms with Gasteiger partial charge in [0, 0.05) is 18.1 Å². The van der Waals surface area contributed by atoms with E-state index in [1.54, 1.807) is 0 Å². The van der Waals surface area contributed by atoms with Gasteiger partial charge < -0.3 is 0 Å². The van der Waals surface area contributed by atoms with Crippen LogP contribution in [0.2, 0.25) is 0 Å². The fraction of sp³-hybridized carbons (Fsp3) is 1.00. The summed E-state index contributed by atoms with van der Waals surface area (Å²) in [4.78, 5) is 3.20. The summed E-state index contributed by atoms with van der Waals surface area (Å²) in [6, 6.07) is 2.74. The standard InChI is InChI=1S/C24H43N/c1-17(2)18-10-9-11-19(16-18)25-22-14-7-5-12-20(22)24(3,4)21-13-6-8-15-23(21)25/h17-23H,5-16H2,1-4H3. The fourth-order valence-electron chi connectivity index (χ4n) is 7.81. The quantitative estimate of drug-likeness (QED) is 0.541. The van der Waals surface area contributed by atoms with Crippen LogP contribution in [0.1, 0.15) is 105 Å². The van der Waals surface area contributed by atoms with Crippen LogP contribution in [0.5, 0.6) is 0 Å². The number of hydrogen-bond donors (Lipinski definition) is 0. The normalized spacial score (nSPS) is 45.0. The molecule has 0 N–H and O–H groups in total. The Kier molecular flexibility index (Phi) is 5.26. The lowest BCUT2D eigenvalue weighted by Gasteiger charge is -2.64. The van der Waals surface area contributed by atoms with Crippen LogP contribution in [0.25, 0.3) is 0 Å². The Morgan fingerprint density at radius 1 is 0.720 bits per heavy atom. The third kappa shape index (κ3) is 3.21. The summed E-state index contributed by atoms with van der Waals surface area (Å²) >= 11 is 0. The first-order chi connectivity index (χ1) is 12.0. The summed E-state index contributed by atoms with van der Waals surface area (Å²) in [5.41, 5.74) is 0.582. The van der Waals surface area contributed by atoms with Crippen LogP contribution in [0, 0.1) is 29.1 Å². The Morgan fingerprint density at radius 2 is 1.28 bits per heavy atom. The van der Waals surface area contributed by atoms with Crippen LogP contribution in [-0.2, 0) is 0 Å². The number of piperidine rings is 1. The lowest BCUT2D eigenvalue weighted by Crippen LogP contribution is -2.66. The molecule has 25 heavy (non-hydrogen) atoms. The van der Waals surface area contributed by atoms with E-state index in [0.717, 1.165) is 41.8 Å². The van der Waals surface area contributed by atoms with Gasteiger partial charge in [-0.3, -0.25) is 4.90 Å². The van der Waals surface area contributed by atoms with E-state index >= 15 is 0 Å². The maximum atomic E-state index is 3.20. The van der Waals surface area contributed by atoms with E-state index in [1.165, 1.54) is 77.0 Å². The summed E-state index contributed by atoms with van der Waals surface area (Å²) in [6.07, 6.45) is 18.0. The van der Waals surface area contributed by atoms with Crippen molar-refractivity contribution in [2.45, 2.75) is 123 Å². The zero-order chi connectivity index (χ0) is 17.6. The van der Waals surface area contributed by atoms with E-state index in [-0.39, 0.29) is 0 Å². The molecular formula is C24H43N. The second-order valence-corrected chi connectivity index (χ2v) is 11.0. The smallest absolute Gasteiger partial charge is 0.0135 e. The third-order valence-electron chi connectivity index (χ3n) is 9.19. The maximum absolute atomic E-state index is 3.20. The number of nitrogens with zero attached hydrogens (tertiary/aromatic N) is 1. The third-order valence-corrected chi connectivity index (χ3v) is 9.19. The van der Waals surface area contributed by atoms with Gasteiger partial charge in [-0.05, 0) is 67.6 Å². The van der Waals surface area contributed by atoms with E-state index in [0.29, 0.717) is 5.41 Å². The van der Waals surface area contributed by atoms with Crippen molar-refractivity contribution < 1.29 is 0 Å². The van der Waals surface area contributed by atoms with E-state index in [4.69, 9.17) is 0 Å². The monoisotopic (exact) mass is 345 g/mol. The molecule has 1 saturated heterocycles. The fourth-order valence-corrected chi connectivity index (χ4v) is 7.81. The summed E-state index contributed by atoms with van der Waals surface area (Å²) in [7, 11) is 0. The van der Waals surface area contributed by atoms with Crippen molar-refractivity contribution in [1.29, 1.82) is 0 Å². The molecule has 0 aromatic carbocycles. The molecule has 0 aromatic rings. The summed E-state index contributed by atoms with van der Waals surface area (Å²) in [5.74, 6) is 3.81. The van der Waals surface area contributed by atoms with Gasteiger partial charge in [0.15, 0.2) is 0 Å². The van der Waals surface area contributed by atoms with Crippen LogP contribution >= 0.6 is 0 Å². The Labute approximate surface area is 157 Å². The molecule has 1 aliphatic heterocycles. The van der Waals surface area contributed by atoms with Gasteiger partial charge in [-0.25, -0.2) is 0 Å². The zero-order valence-corrected chi connectivity index (χ0v) is 17.5. The minimum Gasteiger partial charge on any atom is -0.294 e. The van der Waals surface area contributed by atoms with Gasteiger partial charge in [0.25, 0.3) is 0 Å². The Morgan fingerprint density at radius 3 is 1.84 bits per heavy atom. The largest absolute Gasteiger partial charge is 0.294 e. The highest BCUT2D eigenvalue weighted by Gasteiger charge is 2.55.